The molecule has 0 aliphatic rings. The Bertz CT molecular complexity index is 914. The SMILES string of the molecule is CC(C)(C)[S+]([O-])NCc1csc(C(=O)c2c[nH]c3cc(F)ccc23)n1. The van der Waals surface area contributed by atoms with E-state index < -0.39 is 11.4 Å². The van der Waals surface area contributed by atoms with E-state index in [1.807, 2.05) is 20.8 Å². The van der Waals surface area contributed by atoms with Crippen LogP contribution in [0.15, 0.2) is 29.8 Å². The Balaban J connectivity index is 1.76. The number of benzene rings is 1. The van der Waals surface area contributed by atoms with Crippen LogP contribution in [0.1, 0.15) is 41.8 Å². The second-order valence-electron chi connectivity index (χ2n) is 6.57. The van der Waals surface area contributed by atoms with E-state index in [0.29, 0.717) is 33.7 Å². The Morgan fingerprint density at radius 3 is 2.92 bits per heavy atom. The molecule has 3 aromatic rings. The Kier molecular flexibility index (Phi) is 4.97. The van der Waals surface area contributed by atoms with E-state index in [0.717, 1.165) is 0 Å². The van der Waals surface area contributed by atoms with Crippen LogP contribution in [0.25, 0.3) is 10.9 Å². The second kappa shape index (κ2) is 6.87. The number of hydrogen-bond donors (Lipinski definition) is 2. The zero-order valence-corrected chi connectivity index (χ0v) is 15.7. The van der Waals surface area contributed by atoms with Crippen LogP contribution in [0, 0.1) is 5.82 Å². The zero-order chi connectivity index (χ0) is 18.2. The molecule has 2 N–H and O–H groups in total. The summed E-state index contributed by atoms with van der Waals surface area (Å²) < 4.78 is 27.8. The van der Waals surface area contributed by atoms with Crippen LogP contribution in [0.3, 0.4) is 0 Å². The van der Waals surface area contributed by atoms with Crippen molar-refractivity contribution in [1.82, 2.24) is 14.7 Å². The normalized spacial score (nSPS) is 13.3. The number of rotatable bonds is 5. The molecule has 132 valence electrons. The number of thiazole rings is 1. The number of ketones is 1. The van der Waals surface area contributed by atoms with Gasteiger partial charge in [-0.3, -0.25) is 4.79 Å². The summed E-state index contributed by atoms with van der Waals surface area (Å²) in [6, 6.07) is 4.26. The summed E-state index contributed by atoms with van der Waals surface area (Å²) in [5, 5.41) is 2.79. The van der Waals surface area contributed by atoms with Gasteiger partial charge in [0.15, 0.2) is 5.01 Å². The predicted octanol–water partition coefficient (Wildman–Crippen LogP) is 3.55. The van der Waals surface area contributed by atoms with E-state index in [9.17, 15) is 13.7 Å². The number of nitrogens with zero attached hydrogens (tertiary/aromatic N) is 1. The average Bonchev–Trinajstić information content (AvgIpc) is 3.17. The molecule has 0 bridgehead atoms. The summed E-state index contributed by atoms with van der Waals surface area (Å²) >= 11 is 0.0387. The van der Waals surface area contributed by atoms with Gasteiger partial charge in [0.25, 0.3) is 0 Å². The van der Waals surface area contributed by atoms with Crippen molar-refractivity contribution in [1.29, 1.82) is 0 Å². The minimum Gasteiger partial charge on any atom is -0.598 e. The maximum atomic E-state index is 13.3. The van der Waals surface area contributed by atoms with Crippen LogP contribution in [0.5, 0.6) is 0 Å². The first kappa shape index (κ1) is 18.1. The van der Waals surface area contributed by atoms with Gasteiger partial charge in [-0.15, -0.1) is 16.1 Å². The van der Waals surface area contributed by atoms with Crippen LogP contribution in [0.4, 0.5) is 4.39 Å². The number of fused-ring (bicyclic) bond motifs is 1. The van der Waals surface area contributed by atoms with Crippen molar-refractivity contribution >= 4 is 39.4 Å². The summed E-state index contributed by atoms with van der Waals surface area (Å²) in [6.45, 7) is 5.97. The van der Waals surface area contributed by atoms with Gasteiger partial charge in [-0.2, -0.15) is 0 Å². The fraction of sp³-hybridized carbons (Fsp3) is 0.294. The third-order valence-corrected chi connectivity index (χ3v) is 5.98. The third-order valence-electron chi connectivity index (χ3n) is 3.57. The summed E-state index contributed by atoms with van der Waals surface area (Å²) in [7, 11) is 0. The van der Waals surface area contributed by atoms with Crippen LogP contribution in [0.2, 0.25) is 0 Å². The number of aromatic amines is 1. The molecule has 5 nitrogen and oxygen atoms in total. The van der Waals surface area contributed by atoms with E-state index in [4.69, 9.17) is 0 Å². The van der Waals surface area contributed by atoms with Crippen molar-refractivity contribution in [2.45, 2.75) is 32.1 Å². The highest BCUT2D eigenvalue weighted by Crippen LogP contribution is 2.23. The summed E-state index contributed by atoms with van der Waals surface area (Å²) in [6.07, 6.45) is 1.57. The molecule has 0 fully saturated rings. The quantitative estimate of drug-likeness (QED) is 0.525. The van der Waals surface area contributed by atoms with Gasteiger partial charge < -0.3 is 9.54 Å². The molecule has 0 radical (unpaired) electrons. The van der Waals surface area contributed by atoms with E-state index >= 15 is 0 Å². The van der Waals surface area contributed by atoms with Crippen molar-refractivity contribution in [2.24, 2.45) is 0 Å². The Morgan fingerprint density at radius 1 is 1.44 bits per heavy atom. The third kappa shape index (κ3) is 3.92. The molecule has 0 saturated carbocycles. The number of carbonyl (C=O) groups excluding carboxylic acids is 1. The van der Waals surface area contributed by atoms with Gasteiger partial charge in [0, 0.05) is 33.8 Å². The lowest BCUT2D eigenvalue weighted by Crippen LogP contribution is -2.39. The van der Waals surface area contributed by atoms with Gasteiger partial charge in [-0.05, 0) is 39.0 Å². The molecule has 0 spiro atoms. The summed E-state index contributed by atoms with van der Waals surface area (Å²) in [4.78, 5) is 19.9. The average molecular weight is 379 g/mol. The maximum absolute atomic E-state index is 13.3. The molecular weight excluding hydrogens is 361 g/mol. The summed E-state index contributed by atoms with van der Waals surface area (Å²) in [5.41, 5.74) is 1.70. The lowest BCUT2D eigenvalue weighted by Gasteiger charge is -2.23. The van der Waals surface area contributed by atoms with Crippen molar-refractivity contribution in [2.75, 3.05) is 0 Å². The van der Waals surface area contributed by atoms with Gasteiger partial charge in [-0.1, -0.05) is 0 Å². The number of carbonyl (C=O) groups is 1. The first-order valence-corrected chi connectivity index (χ1v) is 9.70. The molecule has 1 aromatic carbocycles. The van der Waals surface area contributed by atoms with Gasteiger partial charge in [0.2, 0.25) is 5.78 Å². The lowest BCUT2D eigenvalue weighted by atomic mass is 10.1. The van der Waals surface area contributed by atoms with E-state index in [1.165, 1.54) is 23.5 Å². The smallest absolute Gasteiger partial charge is 0.223 e. The molecule has 3 rings (SSSR count). The van der Waals surface area contributed by atoms with Gasteiger partial charge >= 0.3 is 0 Å². The number of aromatic nitrogens is 2. The molecule has 1 atom stereocenters. The largest absolute Gasteiger partial charge is 0.598 e. The van der Waals surface area contributed by atoms with Crippen molar-refractivity contribution in [3.8, 4) is 0 Å². The standard InChI is InChI=1S/C17H18FN3O2S2/c1-17(2,3)25(23)20-7-11-9-24-16(21-11)15(22)13-8-19-14-6-10(18)4-5-12(13)14/h4-6,8-9,19-20H,7H2,1-3H3. The highest BCUT2D eigenvalue weighted by Gasteiger charge is 2.26. The van der Waals surface area contributed by atoms with E-state index in [2.05, 4.69) is 14.7 Å². The minimum atomic E-state index is -1.20. The van der Waals surface area contributed by atoms with Crippen LogP contribution >= 0.6 is 11.3 Å². The number of H-pyrrole nitrogens is 1. The monoisotopic (exact) mass is 379 g/mol. The molecule has 2 heterocycles. The van der Waals surface area contributed by atoms with Crippen LogP contribution in [-0.2, 0) is 17.9 Å². The van der Waals surface area contributed by atoms with Crippen molar-refractivity contribution < 1.29 is 13.7 Å². The Morgan fingerprint density at radius 2 is 2.20 bits per heavy atom. The van der Waals surface area contributed by atoms with E-state index in [1.54, 1.807) is 17.6 Å². The van der Waals surface area contributed by atoms with Crippen LogP contribution < -0.4 is 4.72 Å². The molecular formula is C17H18FN3O2S2. The molecule has 0 aliphatic heterocycles. The van der Waals surface area contributed by atoms with Crippen molar-refractivity contribution in [3.63, 3.8) is 0 Å². The Labute approximate surface area is 152 Å². The molecule has 0 aliphatic carbocycles. The molecule has 2 aromatic heterocycles. The Hall–Kier alpha value is -1.74. The predicted molar refractivity (Wildman–Crippen MR) is 98.5 cm³/mol. The first-order chi connectivity index (χ1) is 11.8. The van der Waals surface area contributed by atoms with Crippen LogP contribution in [-0.4, -0.2) is 25.1 Å². The highest BCUT2D eigenvalue weighted by molar-refractivity contribution is 7.90. The number of hydrogen-bond acceptors (Lipinski definition) is 5. The number of nitrogens with one attached hydrogen (secondary N) is 2. The first-order valence-electron chi connectivity index (χ1n) is 7.67. The van der Waals surface area contributed by atoms with Crippen molar-refractivity contribution in [3.05, 3.63) is 51.9 Å². The molecule has 25 heavy (non-hydrogen) atoms. The summed E-state index contributed by atoms with van der Waals surface area (Å²) in [5.74, 6) is -0.575. The molecule has 0 amide bonds. The number of halogens is 1. The van der Waals surface area contributed by atoms with Gasteiger partial charge in [-0.25, -0.2) is 9.37 Å². The fourth-order valence-electron chi connectivity index (χ4n) is 2.25. The topological polar surface area (TPSA) is 80.8 Å². The lowest BCUT2D eigenvalue weighted by molar-refractivity contribution is 0.104. The molecule has 8 heteroatoms. The zero-order valence-electron chi connectivity index (χ0n) is 14.1. The molecule has 0 saturated heterocycles. The van der Waals surface area contributed by atoms with Gasteiger partial charge in [0.05, 0.1) is 17.8 Å². The molecule has 1 unspecified atom stereocenters. The van der Waals surface area contributed by atoms with E-state index in [-0.39, 0.29) is 16.3 Å². The second-order valence-corrected chi connectivity index (χ2v) is 9.48. The van der Waals surface area contributed by atoms with Gasteiger partial charge in [0.1, 0.15) is 10.6 Å². The highest BCUT2D eigenvalue weighted by atomic mass is 32.2. The fourth-order valence-corrected chi connectivity index (χ4v) is 3.73. The maximum Gasteiger partial charge on any atom is 0.223 e. The minimum absolute atomic E-state index is 0.217.